The molecule has 46 valence electrons. The summed E-state index contributed by atoms with van der Waals surface area (Å²) in [6.45, 7) is 0. The predicted octanol–water partition coefficient (Wildman–Crippen LogP) is -1.09. The number of rotatable bonds is 0. The maximum absolute atomic E-state index is 10.6. The minimum absolute atomic E-state index is 0.0301. The molecule has 0 bridgehead atoms. The van der Waals surface area contributed by atoms with E-state index in [1.54, 1.807) is 0 Å². The second-order valence-corrected chi connectivity index (χ2v) is 2.09. The van der Waals surface area contributed by atoms with Gasteiger partial charge in [-0.1, -0.05) is 0 Å². The molecule has 0 aromatic heterocycles. The third kappa shape index (κ3) is 0.844. The van der Waals surface area contributed by atoms with Gasteiger partial charge in [0.2, 0.25) is 5.91 Å². The van der Waals surface area contributed by atoms with Crippen LogP contribution in [0.15, 0.2) is 0 Å². The Morgan fingerprint density at radius 2 is 2.22 bits per heavy atom. The highest BCUT2D eigenvalue weighted by Gasteiger charge is 2.31. The van der Waals surface area contributed by atoms with Crippen molar-refractivity contribution in [2.24, 2.45) is 0 Å². The van der Waals surface area contributed by atoms with Gasteiger partial charge < -0.3 is 4.90 Å². The first kappa shape index (κ1) is 6.33. The number of amides is 1. The van der Waals surface area contributed by atoms with Crippen molar-refractivity contribution < 1.29 is 9.59 Å². The van der Waals surface area contributed by atoms with Gasteiger partial charge in [-0.05, 0) is 0 Å². The van der Waals surface area contributed by atoms with Crippen molar-refractivity contribution in [3.63, 3.8) is 0 Å². The molecule has 0 aliphatic carbocycles. The van der Waals surface area contributed by atoms with Gasteiger partial charge in [0.25, 0.3) is 0 Å². The minimum atomic E-state index is -0.697. The highest BCUT2D eigenvalue weighted by molar-refractivity contribution is 6.30. The second-order valence-electron chi connectivity index (χ2n) is 2.09. The largest absolute Gasteiger partial charge is 0.344 e. The standard InChI is InChI=1S/C5H6BNO2/c1-7-4(9)2-3(8)5(7)6/h5H,2H2,1H3. The molecule has 1 saturated heterocycles. The molecule has 0 aromatic rings. The van der Waals surface area contributed by atoms with Gasteiger partial charge in [-0.2, -0.15) is 0 Å². The third-order valence-corrected chi connectivity index (χ3v) is 1.47. The number of ketones is 1. The molecular weight excluding hydrogens is 117 g/mol. The van der Waals surface area contributed by atoms with Crippen molar-refractivity contribution in [3.05, 3.63) is 0 Å². The van der Waals surface area contributed by atoms with Gasteiger partial charge >= 0.3 is 0 Å². The fraction of sp³-hybridized carbons (Fsp3) is 0.600. The lowest BCUT2D eigenvalue weighted by molar-refractivity contribution is -0.127. The van der Waals surface area contributed by atoms with Crippen LogP contribution in [0.3, 0.4) is 0 Å². The van der Waals surface area contributed by atoms with E-state index >= 15 is 0 Å². The molecule has 1 amide bonds. The van der Waals surface area contributed by atoms with Crippen molar-refractivity contribution in [2.45, 2.75) is 12.4 Å². The first-order chi connectivity index (χ1) is 4.13. The molecule has 0 N–H and O–H groups in total. The smallest absolute Gasteiger partial charge is 0.229 e. The number of carbonyl (C=O) groups is 2. The molecule has 1 aliphatic heterocycles. The molecular formula is C5H6BNO2. The van der Waals surface area contributed by atoms with E-state index in [-0.39, 0.29) is 18.1 Å². The Labute approximate surface area is 54.4 Å². The maximum atomic E-state index is 10.6. The number of carbonyl (C=O) groups excluding carboxylic acids is 2. The number of nitrogens with zero attached hydrogens (tertiary/aromatic N) is 1. The molecule has 0 saturated carbocycles. The Balaban J connectivity index is 2.77. The maximum Gasteiger partial charge on any atom is 0.229 e. The molecule has 2 radical (unpaired) electrons. The lowest BCUT2D eigenvalue weighted by Crippen LogP contribution is -2.31. The molecule has 1 unspecified atom stereocenters. The zero-order valence-electron chi connectivity index (χ0n) is 5.13. The van der Waals surface area contributed by atoms with Crippen molar-refractivity contribution in [2.75, 3.05) is 7.05 Å². The number of hydrogen-bond donors (Lipinski definition) is 0. The second kappa shape index (κ2) is 1.86. The predicted molar refractivity (Wildman–Crippen MR) is 31.9 cm³/mol. The van der Waals surface area contributed by atoms with E-state index in [0.29, 0.717) is 0 Å². The van der Waals surface area contributed by atoms with Crippen molar-refractivity contribution in [1.29, 1.82) is 0 Å². The van der Waals surface area contributed by atoms with Crippen molar-refractivity contribution in [3.8, 4) is 0 Å². The molecule has 4 heteroatoms. The van der Waals surface area contributed by atoms with Gasteiger partial charge in [-0.15, -0.1) is 0 Å². The van der Waals surface area contributed by atoms with Crippen LogP contribution >= 0.6 is 0 Å². The molecule has 0 aromatic carbocycles. The molecule has 3 nitrogen and oxygen atoms in total. The fourth-order valence-corrected chi connectivity index (χ4v) is 0.749. The summed E-state index contributed by atoms with van der Waals surface area (Å²) in [4.78, 5) is 22.5. The third-order valence-electron chi connectivity index (χ3n) is 1.47. The molecule has 1 atom stereocenters. The fourth-order valence-electron chi connectivity index (χ4n) is 0.749. The van der Waals surface area contributed by atoms with E-state index in [4.69, 9.17) is 7.85 Å². The van der Waals surface area contributed by atoms with E-state index in [2.05, 4.69) is 0 Å². The van der Waals surface area contributed by atoms with Gasteiger partial charge in [0.1, 0.15) is 7.85 Å². The topological polar surface area (TPSA) is 37.4 Å². The highest BCUT2D eigenvalue weighted by atomic mass is 16.2. The average molecular weight is 123 g/mol. The van der Waals surface area contributed by atoms with Crippen LogP contribution in [0.1, 0.15) is 6.42 Å². The first-order valence-corrected chi connectivity index (χ1v) is 2.67. The van der Waals surface area contributed by atoms with Crippen LogP contribution in [-0.2, 0) is 9.59 Å². The summed E-state index contributed by atoms with van der Waals surface area (Å²) < 4.78 is 0. The molecule has 1 aliphatic rings. The van der Waals surface area contributed by atoms with Crippen LogP contribution in [0.4, 0.5) is 0 Å². The van der Waals surface area contributed by atoms with E-state index < -0.39 is 5.94 Å². The first-order valence-electron chi connectivity index (χ1n) is 2.67. The summed E-state index contributed by atoms with van der Waals surface area (Å²) in [6.07, 6.45) is -0.0301. The van der Waals surface area contributed by atoms with Crippen LogP contribution in [-0.4, -0.2) is 37.4 Å². The van der Waals surface area contributed by atoms with E-state index in [0.717, 1.165) is 0 Å². The Bertz CT molecular complexity index is 150. The van der Waals surface area contributed by atoms with Gasteiger partial charge in [-0.25, -0.2) is 0 Å². The average Bonchev–Trinajstić information content (AvgIpc) is 1.98. The van der Waals surface area contributed by atoms with Gasteiger partial charge in [0, 0.05) is 13.0 Å². The van der Waals surface area contributed by atoms with Crippen LogP contribution in [0, 0.1) is 0 Å². The summed E-state index contributed by atoms with van der Waals surface area (Å²) in [5.41, 5.74) is 0. The molecule has 0 spiro atoms. The zero-order chi connectivity index (χ0) is 7.02. The molecule has 1 heterocycles. The number of likely N-dealkylation sites (N-methyl/N-ethyl adjacent to an activating group) is 1. The van der Waals surface area contributed by atoms with E-state index in [1.807, 2.05) is 0 Å². The molecule has 1 rings (SSSR count). The highest BCUT2D eigenvalue weighted by Crippen LogP contribution is 2.08. The zero-order valence-corrected chi connectivity index (χ0v) is 5.13. The van der Waals surface area contributed by atoms with Gasteiger partial charge in [0.15, 0.2) is 5.78 Å². The Hall–Kier alpha value is -0.795. The number of Topliss-reactive ketones (excluding diaryl/α,β-unsaturated/α-hetero) is 1. The number of likely N-dealkylation sites (tertiary alicyclic amines) is 1. The van der Waals surface area contributed by atoms with Crippen molar-refractivity contribution >= 4 is 19.5 Å². The van der Waals surface area contributed by atoms with Crippen molar-refractivity contribution in [1.82, 2.24) is 4.90 Å². The van der Waals surface area contributed by atoms with E-state index in [9.17, 15) is 9.59 Å². The van der Waals surface area contributed by atoms with Crippen LogP contribution in [0.2, 0.25) is 0 Å². The summed E-state index contributed by atoms with van der Waals surface area (Å²) in [5, 5.41) is 0. The van der Waals surface area contributed by atoms with Crippen LogP contribution < -0.4 is 0 Å². The van der Waals surface area contributed by atoms with Crippen LogP contribution in [0.5, 0.6) is 0 Å². The lowest BCUT2D eigenvalue weighted by atomic mass is 9.93. The monoisotopic (exact) mass is 123 g/mol. The van der Waals surface area contributed by atoms with Gasteiger partial charge in [-0.3, -0.25) is 9.59 Å². The minimum Gasteiger partial charge on any atom is -0.344 e. The van der Waals surface area contributed by atoms with Gasteiger partial charge in [0.05, 0.1) is 6.42 Å². The summed E-state index contributed by atoms with van der Waals surface area (Å²) in [6, 6.07) is 0. The normalized spacial score (nSPS) is 27.7. The Kier molecular flexibility index (Phi) is 1.31. The Morgan fingerprint density at radius 3 is 2.33 bits per heavy atom. The number of hydrogen-bond acceptors (Lipinski definition) is 2. The summed E-state index contributed by atoms with van der Waals surface area (Å²) in [5.74, 6) is -1.08. The SMILES string of the molecule is [B]C1C(=O)CC(=O)N1C. The molecule has 9 heavy (non-hydrogen) atoms. The summed E-state index contributed by atoms with van der Waals surface area (Å²) in [7, 11) is 6.79. The summed E-state index contributed by atoms with van der Waals surface area (Å²) >= 11 is 0. The Morgan fingerprint density at radius 1 is 1.67 bits per heavy atom. The quantitative estimate of drug-likeness (QED) is 0.303. The lowest BCUT2D eigenvalue weighted by Gasteiger charge is -2.12. The van der Waals surface area contributed by atoms with E-state index in [1.165, 1.54) is 11.9 Å². The van der Waals surface area contributed by atoms with Crippen LogP contribution in [0.25, 0.3) is 0 Å². The molecule has 1 fully saturated rings.